The first-order chi connectivity index (χ1) is 9.58. The molecule has 0 aliphatic carbocycles. The van der Waals surface area contributed by atoms with Crippen LogP contribution in [-0.4, -0.2) is 9.55 Å². The highest BCUT2D eigenvalue weighted by atomic mass is 127. The van der Waals surface area contributed by atoms with Gasteiger partial charge in [0, 0.05) is 8.59 Å². The van der Waals surface area contributed by atoms with Crippen LogP contribution in [0.25, 0.3) is 16.7 Å². The maximum Gasteiger partial charge on any atom is 0.132 e. The molecule has 0 aliphatic rings. The van der Waals surface area contributed by atoms with Crippen molar-refractivity contribution >= 4 is 56.8 Å². The number of fused-ring (bicyclic) bond motifs is 1. The Morgan fingerprint density at radius 1 is 1.20 bits per heavy atom. The largest absolute Gasteiger partial charge is 0.294 e. The van der Waals surface area contributed by atoms with E-state index in [9.17, 15) is 0 Å². The summed E-state index contributed by atoms with van der Waals surface area (Å²) >= 11 is 14.8. The van der Waals surface area contributed by atoms with Crippen LogP contribution in [0.2, 0.25) is 5.02 Å². The van der Waals surface area contributed by atoms with Gasteiger partial charge in [0.05, 0.1) is 22.1 Å². The van der Waals surface area contributed by atoms with Crippen LogP contribution in [0.3, 0.4) is 0 Å². The van der Waals surface area contributed by atoms with Gasteiger partial charge in [0.2, 0.25) is 0 Å². The van der Waals surface area contributed by atoms with Gasteiger partial charge in [-0.15, -0.1) is 11.6 Å². The molecular formula is C15H11Cl2IN2. The van der Waals surface area contributed by atoms with Gasteiger partial charge in [0.1, 0.15) is 5.82 Å². The Balaban J connectivity index is 2.40. The second-order valence-corrected chi connectivity index (χ2v) is 6.76. The zero-order valence-electron chi connectivity index (χ0n) is 10.6. The predicted molar refractivity (Wildman–Crippen MR) is 93.1 cm³/mol. The maximum atomic E-state index is 6.30. The van der Waals surface area contributed by atoms with Crippen molar-refractivity contribution in [2.75, 3.05) is 0 Å². The Kier molecular flexibility index (Phi) is 3.93. The third kappa shape index (κ3) is 2.43. The second-order valence-electron chi connectivity index (χ2n) is 4.51. The van der Waals surface area contributed by atoms with E-state index in [0.717, 1.165) is 26.1 Å². The SMILES string of the molecule is CC(Cl)c1nc2ccc(Cl)cc2n1-c1ccccc1I. The Morgan fingerprint density at radius 3 is 2.65 bits per heavy atom. The van der Waals surface area contributed by atoms with Gasteiger partial charge >= 0.3 is 0 Å². The summed E-state index contributed by atoms with van der Waals surface area (Å²) in [6, 6.07) is 13.8. The Morgan fingerprint density at radius 2 is 1.95 bits per heavy atom. The smallest absolute Gasteiger partial charge is 0.132 e. The highest BCUT2D eigenvalue weighted by Crippen LogP contribution is 2.31. The minimum Gasteiger partial charge on any atom is -0.294 e. The molecule has 0 N–H and O–H groups in total. The number of rotatable bonds is 2. The standard InChI is InChI=1S/C15H11Cl2IN2/c1-9(16)15-19-12-7-6-10(17)8-14(12)20(15)13-5-3-2-4-11(13)18/h2-9H,1H3. The fourth-order valence-corrected chi connectivity index (χ4v) is 3.16. The molecule has 1 heterocycles. The molecule has 0 amide bonds. The third-order valence-electron chi connectivity index (χ3n) is 3.09. The number of imidazole rings is 1. The van der Waals surface area contributed by atoms with E-state index in [-0.39, 0.29) is 5.38 Å². The lowest BCUT2D eigenvalue weighted by Gasteiger charge is -2.12. The van der Waals surface area contributed by atoms with Crippen molar-refractivity contribution in [1.29, 1.82) is 0 Å². The first-order valence-corrected chi connectivity index (χ1v) is 8.04. The predicted octanol–water partition coefficient (Wildman–Crippen LogP) is 5.58. The van der Waals surface area contributed by atoms with Crippen LogP contribution in [0.1, 0.15) is 18.1 Å². The van der Waals surface area contributed by atoms with Crippen molar-refractivity contribution in [1.82, 2.24) is 9.55 Å². The van der Waals surface area contributed by atoms with E-state index < -0.39 is 0 Å². The number of hydrogen-bond donors (Lipinski definition) is 0. The van der Waals surface area contributed by atoms with Crippen LogP contribution >= 0.6 is 45.8 Å². The highest BCUT2D eigenvalue weighted by Gasteiger charge is 2.17. The number of hydrogen-bond acceptors (Lipinski definition) is 1. The molecule has 0 saturated heterocycles. The number of halogens is 3. The molecule has 1 unspecified atom stereocenters. The molecule has 0 fully saturated rings. The summed E-state index contributed by atoms with van der Waals surface area (Å²) in [5.41, 5.74) is 2.95. The van der Waals surface area contributed by atoms with Crippen LogP contribution in [0.15, 0.2) is 42.5 Å². The molecule has 1 aromatic heterocycles. The van der Waals surface area contributed by atoms with Gasteiger partial charge < -0.3 is 0 Å². The minimum absolute atomic E-state index is 0.183. The Bertz CT molecular complexity index is 781. The lowest BCUT2D eigenvalue weighted by molar-refractivity contribution is 0.880. The molecule has 2 aromatic carbocycles. The van der Waals surface area contributed by atoms with E-state index in [4.69, 9.17) is 23.2 Å². The van der Waals surface area contributed by atoms with Crippen LogP contribution < -0.4 is 0 Å². The molecule has 0 spiro atoms. The van der Waals surface area contributed by atoms with E-state index >= 15 is 0 Å². The number of nitrogens with zero attached hydrogens (tertiary/aromatic N) is 2. The summed E-state index contributed by atoms with van der Waals surface area (Å²) in [6.07, 6.45) is 0. The van der Waals surface area contributed by atoms with Gasteiger partial charge in [0.25, 0.3) is 0 Å². The van der Waals surface area contributed by atoms with Crippen molar-refractivity contribution in [3.05, 3.63) is 56.9 Å². The molecule has 0 saturated carbocycles. The van der Waals surface area contributed by atoms with E-state index in [1.165, 1.54) is 0 Å². The first kappa shape index (κ1) is 14.2. The van der Waals surface area contributed by atoms with Crippen molar-refractivity contribution in [3.63, 3.8) is 0 Å². The van der Waals surface area contributed by atoms with Crippen LogP contribution in [0.4, 0.5) is 0 Å². The van der Waals surface area contributed by atoms with Crippen LogP contribution in [-0.2, 0) is 0 Å². The monoisotopic (exact) mass is 416 g/mol. The molecule has 1 atom stereocenters. The van der Waals surface area contributed by atoms with Gasteiger partial charge in [-0.1, -0.05) is 23.7 Å². The molecule has 3 aromatic rings. The lowest BCUT2D eigenvalue weighted by Crippen LogP contribution is -2.03. The molecule has 0 bridgehead atoms. The van der Waals surface area contributed by atoms with Gasteiger partial charge in [-0.05, 0) is 59.8 Å². The topological polar surface area (TPSA) is 17.8 Å². The minimum atomic E-state index is -0.183. The molecule has 102 valence electrons. The zero-order valence-corrected chi connectivity index (χ0v) is 14.3. The molecule has 0 radical (unpaired) electrons. The summed E-state index contributed by atoms with van der Waals surface area (Å²) in [4.78, 5) is 4.64. The van der Waals surface area contributed by atoms with Gasteiger partial charge in [0.15, 0.2) is 0 Å². The molecule has 2 nitrogen and oxygen atoms in total. The number of alkyl halides is 1. The van der Waals surface area contributed by atoms with Gasteiger partial charge in [-0.3, -0.25) is 4.57 Å². The van der Waals surface area contributed by atoms with E-state index in [1.807, 2.05) is 37.3 Å². The Hall–Kier alpha value is -0.780. The number of para-hydroxylation sites is 1. The molecule has 3 rings (SSSR count). The molecule has 20 heavy (non-hydrogen) atoms. The fraction of sp³-hybridized carbons (Fsp3) is 0.133. The van der Waals surface area contributed by atoms with Crippen molar-refractivity contribution in [2.24, 2.45) is 0 Å². The normalized spacial score (nSPS) is 12.8. The highest BCUT2D eigenvalue weighted by molar-refractivity contribution is 14.1. The Labute approximate surface area is 140 Å². The third-order valence-corrected chi connectivity index (χ3v) is 4.43. The van der Waals surface area contributed by atoms with Crippen molar-refractivity contribution in [3.8, 4) is 5.69 Å². The second kappa shape index (κ2) is 5.54. The van der Waals surface area contributed by atoms with Gasteiger partial charge in [-0.25, -0.2) is 4.98 Å². The molecule has 5 heteroatoms. The molecule has 0 aliphatic heterocycles. The van der Waals surface area contributed by atoms with Crippen molar-refractivity contribution < 1.29 is 0 Å². The van der Waals surface area contributed by atoms with Gasteiger partial charge in [-0.2, -0.15) is 0 Å². The quantitative estimate of drug-likeness (QED) is 0.393. The zero-order chi connectivity index (χ0) is 14.3. The first-order valence-electron chi connectivity index (χ1n) is 6.15. The summed E-state index contributed by atoms with van der Waals surface area (Å²) in [6.45, 7) is 1.93. The summed E-state index contributed by atoms with van der Waals surface area (Å²) < 4.78 is 3.23. The average Bonchev–Trinajstić information content (AvgIpc) is 2.78. The number of benzene rings is 2. The van der Waals surface area contributed by atoms with Crippen LogP contribution in [0, 0.1) is 3.57 Å². The fourth-order valence-electron chi connectivity index (χ4n) is 2.22. The molecular weight excluding hydrogens is 406 g/mol. The number of aromatic nitrogens is 2. The maximum absolute atomic E-state index is 6.30. The van der Waals surface area contributed by atoms with E-state index in [1.54, 1.807) is 0 Å². The summed E-state index contributed by atoms with van der Waals surface area (Å²) in [7, 11) is 0. The van der Waals surface area contributed by atoms with Crippen molar-refractivity contribution in [2.45, 2.75) is 12.3 Å². The van der Waals surface area contributed by atoms with Crippen LogP contribution in [0.5, 0.6) is 0 Å². The van der Waals surface area contributed by atoms with E-state index in [2.05, 4.69) is 44.3 Å². The lowest BCUT2D eigenvalue weighted by atomic mass is 10.2. The summed E-state index contributed by atoms with van der Waals surface area (Å²) in [5, 5.41) is 0.510. The summed E-state index contributed by atoms with van der Waals surface area (Å²) in [5.74, 6) is 0.827. The van der Waals surface area contributed by atoms with E-state index in [0.29, 0.717) is 5.02 Å². The average molecular weight is 417 g/mol.